The van der Waals surface area contributed by atoms with E-state index in [1.54, 1.807) is 27.0 Å². The Bertz CT molecular complexity index is 633. The molecule has 1 unspecified atom stereocenters. The minimum absolute atomic E-state index is 0.103. The number of aromatic nitrogens is 1. The van der Waals surface area contributed by atoms with Crippen molar-refractivity contribution in [3.05, 3.63) is 23.9 Å². The number of carbonyl (C=O) groups is 1. The van der Waals surface area contributed by atoms with Gasteiger partial charge in [-0.3, -0.25) is 4.90 Å². The summed E-state index contributed by atoms with van der Waals surface area (Å²) in [5.74, 6) is 0.754. The Kier molecular flexibility index (Phi) is 4.13. The van der Waals surface area contributed by atoms with Crippen LogP contribution in [0.2, 0.25) is 0 Å². The first-order chi connectivity index (χ1) is 11.2. The van der Waals surface area contributed by atoms with Crippen molar-refractivity contribution < 1.29 is 18.3 Å². The van der Waals surface area contributed by atoms with E-state index in [0.29, 0.717) is 6.42 Å². The second-order valence-corrected chi connectivity index (χ2v) is 7.47. The highest BCUT2D eigenvalue weighted by molar-refractivity contribution is 5.70. The maximum Gasteiger partial charge on any atom is 0.410 e. The Morgan fingerprint density at radius 2 is 2.12 bits per heavy atom. The van der Waals surface area contributed by atoms with Gasteiger partial charge >= 0.3 is 6.09 Å². The number of piperazine rings is 1. The first-order valence-corrected chi connectivity index (χ1v) is 8.19. The Morgan fingerprint density at radius 3 is 2.75 bits per heavy atom. The number of alkyl halides is 2. The molecule has 24 heavy (non-hydrogen) atoms. The number of carbonyl (C=O) groups excluding carboxylic acids is 1. The van der Waals surface area contributed by atoms with Crippen LogP contribution in [0.4, 0.5) is 19.4 Å². The van der Waals surface area contributed by atoms with Crippen molar-refractivity contribution in [1.82, 2.24) is 9.88 Å². The molecule has 0 aliphatic carbocycles. The van der Waals surface area contributed by atoms with E-state index in [1.165, 1.54) is 4.90 Å². The molecule has 0 radical (unpaired) electrons. The van der Waals surface area contributed by atoms with E-state index < -0.39 is 30.2 Å². The Labute approximate surface area is 140 Å². The summed E-state index contributed by atoms with van der Waals surface area (Å²) in [6.45, 7) is 7.32. The molecule has 0 bridgehead atoms. The van der Waals surface area contributed by atoms with Gasteiger partial charge < -0.3 is 9.64 Å². The molecule has 3 rings (SSSR count). The lowest BCUT2D eigenvalue weighted by molar-refractivity contribution is -0.0332. The van der Waals surface area contributed by atoms with Gasteiger partial charge in [0.25, 0.3) is 6.43 Å². The number of rotatable bonds is 1. The molecule has 1 saturated heterocycles. The largest absolute Gasteiger partial charge is 0.444 e. The van der Waals surface area contributed by atoms with Crippen LogP contribution in [0.15, 0.2) is 18.3 Å². The molecular formula is C17H23F2N3O2. The Morgan fingerprint density at radius 1 is 1.42 bits per heavy atom. The number of anilines is 1. The molecule has 1 aromatic rings. The average Bonchev–Trinajstić information content (AvgIpc) is 2.84. The normalized spacial score (nSPS) is 26.4. The van der Waals surface area contributed by atoms with E-state index in [9.17, 15) is 13.6 Å². The molecule has 1 aromatic heterocycles. The van der Waals surface area contributed by atoms with E-state index in [2.05, 4.69) is 4.98 Å². The van der Waals surface area contributed by atoms with Crippen LogP contribution in [-0.4, -0.2) is 52.7 Å². The third-order valence-electron chi connectivity index (χ3n) is 4.47. The number of pyridine rings is 1. The van der Waals surface area contributed by atoms with Crippen LogP contribution in [0.3, 0.4) is 0 Å². The summed E-state index contributed by atoms with van der Waals surface area (Å²) in [4.78, 5) is 20.0. The van der Waals surface area contributed by atoms with Crippen LogP contribution in [0.1, 0.15) is 33.3 Å². The summed E-state index contributed by atoms with van der Waals surface area (Å²) in [6.07, 6.45) is -1.19. The summed E-state index contributed by atoms with van der Waals surface area (Å²) in [5, 5.41) is 0. The lowest BCUT2D eigenvalue weighted by atomic mass is 9.97. The number of ether oxygens (including phenoxy) is 1. The highest BCUT2D eigenvalue weighted by Crippen LogP contribution is 2.39. The highest BCUT2D eigenvalue weighted by atomic mass is 19.3. The molecular weight excluding hydrogens is 316 g/mol. The van der Waals surface area contributed by atoms with E-state index in [1.807, 2.05) is 24.0 Å². The second kappa shape index (κ2) is 5.86. The molecule has 0 spiro atoms. The molecule has 5 nitrogen and oxygen atoms in total. The third kappa shape index (κ3) is 2.91. The smallest absolute Gasteiger partial charge is 0.410 e. The molecule has 1 amide bonds. The molecule has 3 heterocycles. The van der Waals surface area contributed by atoms with Crippen LogP contribution >= 0.6 is 0 Å². The number of halogens is 2. The Hall–Kier alpha value is -1.92. The Balaban J connectivity index is 1.92. The number of amides is 1. The molecule has 1 fully saturated rings. The zero-order valence-electron chi connectivity index (χ0n) is 14.4. The van der Waals surface area contributed by atoms with Crippen molar-refractivity contribution in [3.8, 4) is 0 Å². The van der Waals surface area contributed by atoms with E-state index in [-0.39, 0.29) is 12.6 Å². The van der Waals surface area contributed by atoms with Crippen LogP contribution in [-0.2, 0) is 11.2 Å². The molecule has 3 atom stereocenters. The standard InChI is InChI=1S/C17H23F2N3O2/c1-10-9-21(16(23)24-17(2,3)4)13(14(18)19)12-8-11-6-5-7-20-15(11)22(10)12/h5-7,10,12-14H,8-9H2,1-4H3/t10-,12-,13?/m1/s1. The number of fused-ring (bicyclic) bond motifs is 3. The summed E-state index contributed by atoms with van der Waals surface area (Å²) in [5.41, 5.74) is 0.232. The number of nitrogens with zero attached hydrogens (tertiary/aromatic N) is 3. The monoisotopic (exact) mass is 339 g/mol. The average molecular weight is 339 g/mol. The first-order valence-electron chi connectivity index (χ1n) is 8.19. The third-order valence-corrected chi connectivity index (χ3v) is 4.47. The van der Waals surface area contributed by atoms with Crippen molar-refractivity contribution >= 4 is 11.9 Å². The van der Waals surface area contributed by atoms with Gasteiger partial charge in [0.05, 0.1) is 6.04 Å². The van der Waals surface area contributed by atoms with Gasteiger partial charge in [-0.05, 0) is 45.7 Å². The fourth-order valence-electron chi connectivity index (χ4n) is 3.65. The van der Waals surface area contributed by atoms with Gasteiger partial charge in [-0.2, -0.15) is 0 Å². The van der Waals surface area contributed by atoms with E-state index in [4.69, 9.17) is 4.74 Å². The van der Waals surface area contributed by atoms with Crippen molar-refractivity contribution in [2.45, 2.75) is 64.3 Å². The van der Waals surface area contributed by atoms with Gasteiger partial charge in [0.1, 0.15) is 17.5 Å². The second-order valence-electron chi connectivity index (χ2n) is 7.47. The van der Waals surface area contributed by atoms with Gasteiger partial charge in [-0.25, -0.2) is 18.6 Å². The zero-order chi connectivity index (χ0) is 17.6. The number of hydrogen-bond donors (Lipinski definition) is 0. The highest BCUT2D eigenvalue weighted by Gasteiger charge is 2.51. The molecule has 7 heteroatoms. The summed E-state index contributed by atoms with van der Waals surface area (Å²) >= 11 is 0. The molecule has 2 aliphatic rings. The minimum Gasteiger partial charge on any atom is -0.444 e. The van der Waals surface area contributed by atoms with Gasteiger partial charge in [0.2, 0.25) is 0 Å². The van der Waals surface area contributed by atoms with Crippen molar-refractivity contribution in [2.75, 3.05) is 11.4 Å². The van der Waals surface area contributed by atoms with E-state index >= 15 is 0 Å². The summed E-state index contributed by atoms with van der Waals surface area (Å²) < 4.78 is 33.1. The van der Waals surface area contributed by atoms with Gasteiger partial charge in [0, 0.05) is 18.8 Å². The predicted molar refractivity (Wildman–Crippen MR) is 86.4 cm³/mol. The van der Waals surface area contributed by atoms with Crippen molar-refractivity contribution in [2.24, 2.45) is 0 Å². The topological polar surface area (TPSA) is 45.7 Å². The lowest BCUT2D eigenvalue weighted by Crippen LogP contribution is -2.66. The van der Waals surface area contributed by atoms with Gasteiger partial charge in [0.15, 0.2) is 0 Å². The lowest BCUT2D eigenvalue weighted by Gasteiger charge is -2.48. The molecule has 0 N–H and O–H groups in total. The SMILES string of the molecule is C[C@@H]1CN(C(=O)OC(C)(C)C)C(C(F)F)[C@H]2Cc3cccnc3N12. The fraction of sp³-hybridized carbons (Fsp3) is 0.647. The maximum atomic E-state index is 13.9. The molecule has 2 aliphatic heterocycles. The first kappa shape index (κ1) is 16.9. The minimum atomic E-state index is -2.65. The molecule has 0 saturated carbocycles. The van der Waals surface area contributed by atoms with Crippen molar-refractivity contribution in [3.63, 3.8) is 0 Å². The quantitative estimate of drug-likeness (QED) is 0.789. The number of hydrogen-bond acceptors (Lipinski definition) is 4. The van der Waals surface area contributed by atoms with Gasteiger partial charge in [-0.15, -0.1) is 0 Å². The van der Waals surface area contributed by atoms with E-state index in [0.717, 1.165) is 11.4 Å². The van der Waals surface area contributed by atoms with Crippen LogP contribution in [0, 0.1) is 0 Å². The fourth-order valence-corrected chi connectivity index (χ4v) is 3.65. The summed E-state index contributed by atoms with van der Waals surface area (Å²) in [7, 11) is 0. The molecule has 132 valence electrons. The maximum absolute atomic E-state index is 13.9. The molecule has 0 aromatic carbocycles. The zero-order valence-corrected chi connectivity index (χ0v) is 14.4. The predicted octanol–water partition coefficient (Wildman–Crippen LogP) is 3.09. The van der Waals surface area contributed by atoms with Crippen LogP contribution in [0.5, 0.6) is 0 Å². The van der Waals surface area contributed by atoms with Gasteiger partial charge in [-0.1, -0.05) is 6.07 Å². The summed E-state index contributed by atoms with van der Waals surface area (Å²) in [6, 6.07) is 1.93. The van der Waals surface area contributed by atoms with Crippen molar-refractivity contribution in [1.29, 1.82) is 0 Å². The van der Waals surface area contributed by atoms with Crippen LogP contribution < -0.4 is 4.90 Å². The van der Waals surface area contributed by atoms with Crippen LogP contribution in [0.25, 0.3) is 0 Å².